The molecule has 0 saturated carbocycles. The largest absolute Gasteiger partial charge is 0.497 e. The number of H-pyrrole nitrogens is 1. The highest BCUT2D eigenvalue weighted by molar-refractivity contribution is 5.68. The van der Waals surface area contributed by atoms with Crippen LogP contribution in [0.4, 0.5) is 17.3 Å². The van der Waals surface area contributed by atoms with E-state index in [-0.39, 0.29) is 0 Å². The smallest absolute Gasteiger partial charge is 0.175 e. The van der Waals surface area contributed by atoms with E-state index in [1.807, 2.05) is 43.1 Å². The summed E-state index contributed by atoms with van der Waals surface area (Å²) in [4.78, 5) is 9.25. The van der Waals surface area contributed by atoms with Crippen LogP contribution in [0.2, 0.25) is 0 Å². The van der Waals surface area contributed by atoms with Gasteiger partial charge in [-0.25, -0.2) is 4.98 Å². The third kappa shape index (κ3) is 2.18. The van der Waals surface area contributed by atoms with Gasteiger partial charge in [-0.3, -0.25) is 0 Å². The molecule has 3 N–H and O–H groups in total. The first kappa shape index (κ1) is 11.3. The molecule has 1 aromatic carbocycles. The molecular weight excluding hydrogens is 216 g/mol. The topological polar surface area (TPSA) is 67.2 Å². The predicted molar refractivity (Wildman–Crippen MR) is 68.8 cm³/mol. The number of ether oxygens (including phenoxy) is 1. The number of hydrogen-bond donors (Lipinski definition) is 2. The summed E-state index contributed by atoms with van der Waals surface area (Å²) in [5.41, 5.74) is 6.86. The normalized spacial score (nSPS) is 10.3. The van der Waals surface area contributed by atoms with Crippen LogP contribution in [-0.4, -0.2) is 24.1 Å². The lowest BCUT2D eigenvalue weighted by molar-refractivity contribution is 0.415. The third-order valence-corrected chi connectivity index (χ3v) is 2.61. The van der Waals surface area contributed by atoms with Crippen LogP contribution in [0.25, 0.3) is 0 Å². The maximum Gasteiger partial charge on any atom is 0.175 e. The molecule has 90 valence electrons. The first-order valence-electron chi connectivity index (χ1n) is 5.31. The van der Waals surface area contributed by atoms with Gasteiger partial charge in [0.25, 0.3) is 0 Å². The maximum absolute atomic E-state index is 5.85. The summed E-state index contributed by atoms with van der Waals surface area (Å²) < 4.78 is 5.12. The van der Waals surface area contributed by atoms with Crippen LogP contribution in [0.5, 0.6) is 5.75 Å². The number of nitrogen functional groups attached to an aromatic ring is 1. The Morgan fingerprint density at radius 3 is 2.41 bits per heavy atom. The predicted octanol–water partition coefficient (Wildman–Crippen LogP) is 2.08. The number of anilines is 3. The van der Waals surface area contributed by atoms with Crippen molar-refractivity contribution in [1.29, 1.82) is 0 Å². The fourth-order valence-electron chi connectivity index (χ4n) is 1.68. The second-order valence-electron chi connectivity index (χ2n) is 3.82. The van der Waals surface area contributed by atoms with Crippen LogP contribution < -0.4 is 15.4 Å². The van der Waals surface area contributed by atoms with E-state index in [2.05, 4.69) is 9.97 Å². The number of nitrogens with one attached hydrogen (secondary N) is 1. The van der Waals surface area contributed by atoms with Crippen LogP contribution in [0.1, 0.15) is 5.82 Å². The molecule has 2 rings (SSSR count). The molecule has 0 bridgehead atoms. The van der Waals surface area contributed by atoms with Crippen LogP contribution in [0.3, 0.4) is 0 Å². The van der Waals surface area contributed by atoms with Gasteiger partial charge in [-0.15, -0.1) is 0 Å². The number of benzene rings is 1. The van der Waals surface area contributed by atoms with Gasteiger partial charge >= 0.3 is 0 Å². The summed E-state index contributed by atoms with van der Waals surface area (Å²) >= 11 is 0. The van der Waals surface area contributed by atoms with Crippen LogP contribution in [0.15, 0.2) is 24.3 Å². The lowest BCUT2D eigenvalue weighted by Gasteiger charge is -2.17. The summed E-state index contributed by atoms with van der Waals surface area (Å²) in [6.45, 7) is 1.88. The molecule has 0 amide bonds. The van der Waals surface area contributed by atoms with Crippen molar-refractivity contribution in [3.63, 3.8) is 0 Å². The molecule has 2 aromatic rings. The zero-order valence-electron chi connectivity index (χ0n) is 10.2. The highest BCUT2D eigenvalue weighted by Crippen LogP contribution is 2.27. The first-order chi connectivity index (χ1) is 8.11. The van der Waals surface area contributed by atoms with E-state index >= 15 is 0 Å². The van der Waals surface area contributed by atoms with Gasteiger partial charge < -0.3 is 20.4 Å². The monoisotopic (exact) mass is 232 g/mol. The van der Waals surface area contributed by atoms with Crippen LogP contribution >= 0.6 is 0 Å². The average Bonchev–Trinajstić information content (AvgIpc) is 2.68. The number of nitrogens with zero attached hydrogens (tertiary/aromatic N) is 2. The van der Waals surface area contributed by atoms with Crippen molar-refractivity contribution in [2.45, 2.75) is 6.92 Å². The minimum Gasteiger partial charge on any atom is -0.497 e. The van der Waals surface area contributed by atoms with E-state index in [1.165, 1.54) is 0 Å². The van der Waals surface area contributed by atoms with Gasteiger partial charge in [0.15, 0.2) is 5.82 Å². The number of aryl methyl sites for hydroxylation is 1. The first-order valence-corrected chi connectivity index (χ1v) is 5.31. The number of hydrogen-bond acceptors (Lipinski definition) is 4. The molecule has 0 unspecified atom stereocenters. The molecule has 5 heteroatoms. The van der Waals surface area contributed by atoms with Crippen molar-refractivity contribution in [3.8, 4) is 5.75 Å². The minimum atomic E-state index is 0.570. The molecule has 1 heterocycles. The van der Waals surface area contributed by atoms with E-state index in [9.17, 15) is 0 Å². The molecule has 0 radical (unpaired) electrons. The molecule has 17 heavy (non-hydrogen) atoms. The molecule has 0 aliphatic rings. The Labute approximate surface area is 100 Å². The molecule has 0 aliphatic heterocycles. The quantitative estimate of drug-likeness (QED) is 0.850. The Morgan fingerprint density at radius 2 is 1.94 bits per heavy atom. The SMILES string of the molecule is COc1ccc(N(C)c2nc(C)[nH]c2N)cc1. The molecule has 0 fully saturated rings. The lowest BCUT2D eigenvalue weighted by atomic mass is 10.3. The van der Waals surface area contributed by atoms with Crippen molar-refractivity contribution in [2.75, 3.05) is 24.8 Å². The molecular formula is C12H16N4O. The standard InChI is InChI=1S/C12H16N4O/c1-8-14-11(13)12(15-8)16(2)9-4-6-10(17-3)7-5-9/h4-7H,13H2,1-3H3,(H,14,15). The summed E-state index contributed by atoms with van der Waals surface area (Å²) in [6, 6.07) is 7.73. The zero-order valence-corrected chi connectivity index (χ0v) is 10.2. The molecule has 0 aliphatic carbocycles. The van der Waals surface area contributed by atoms with Gasteiger partial charge in [-0.2, -0.15) is 0 Å². The number of aromatic amines is 1. The third-order valence-electron chi connectivity index (χ3n) is 2.61. The molecule has 1 aromatic heterocycles. The second-order valence-corrected chi connectivity index (χ2v) is 3.82. The molecule has 0 spiro atoms. The van der Waals surface area contributed by atoms with Crippen molar-refractivity contribution in [3.05, 3.63) is 30.1 Å². The minimum absolute atomic E-state index is 0.570. The number of rotatable bonds is 3. The van der Waals surface area contributed by atoms with Gasteiger partial charge in [0, 0.05) is 12.7 Å². The van der Waals surface area contributed by atoms with Crippen molar-refractivity contribution < 1.29 is 4.74 Å². The highest BCUT2D eigenvalue weighted by Gasteiger charge is 2.11. The van der Waals surface area contributed by atoms with E-state index < -0.39 is 0 Å². The van der Waals surface area contributed by atoms with Gasteiger partial charge in [0.2, 0.25) is 0 Å². The Balaban J connectivity index is 2.30. The van der Waals surface area contributed by atoms with E-state index in [0.29, 0.717) is 5.82 Å². The van der Waals surface area contributed by atoms with Crippen molar-refractivity contribution in [1.82, 2.24) is 9.97 Å². The van der Waals surface area contributed by atoms with Gasteiger partial charge in [0.05, 0.1) is 7.11 Å². The maximum atomic E-state index is 5.85. The summed E-state index contributed by atoms with van der Waals surface area (Å²) in [5.74, 6) is 2.93. The fraction of sp³-hybridized carbons (Fsp3) is 0.250. The van der Waals surface area contributed by atoms with Crippen molar-refractivity contribution >= 4 is 17.3 Å². The zero-order chi connectivity index (χ0) is 12.4. The summed E-state index contributed by atoms with van der Waals surface area (Å²) in [7, 11) is 3.57. The van der Waals surface area contributed by atoms with Crippen LogP contribution in [-0.2, 0) is 0 Å². The summed E-state index contributed by atoms with van der Waals surface area (Å²) in [5, 5.41) is 0. The highest BCUT2D eigenvalue weighted by atomic mass is 16.5. The van der Waals surface area contributed by atoms with Gasteiger partial charge in [-0.05, 0) is 31.2 Å². The van der Waals surface area contributed by atoms with Crippen LogP contribution in [0, 0.1) is 6.92 Å². The Hall–Kier alpha value is -2.17. The van der Waals surface area contributed by atoms with E-state index in [0.717, 1.165) is 23.1 Å². The number of nitrogens with two attached hydrogens (primary N) is 1. The Bertz CT molecular complexity index is 504. The number of aromatic nitrogens is 2. The summed E-state index contributed by atoms with van der Waals surface area (Å²) in [6.07, 6.45) is 0. The van der Waals surface area contributed by atoms with E-state index in [4.69, 9.17) is 10.5 Å². The van der Waals surface area contributed by atoms with Gasteiger partial charge in [0.1, 0.15) is 17.4 Å². The molecule has 5 nitrogen and oxygen atoms in total. The molecule has 0 atom stereocenters. The van der Waals surface area contributed by atoms with Gasteiger partial charge in [-0.1, -0.05) is 0 Å². The lowest BCUT2D eigenvalue weighted by Crippen LogP contribution is -2.11. The second kappa shape index (κ2) is 4.37. The number of imidazole rings is 1. The Morgan fingerprint density at radius 1 is 1.29 bits per heavy atom. The molecule has 0 saturated heterocycles. The van der Waals surface area contributed by atoms with E-state index in [1.54, 1.807) is 7.11 Å². The average molecular weight is 232 g/mol. The Kier molecular flexibility index (Phi) is 2.91. The fourth-order valence-corrected chi connectivity index (χ4v) is 1.68. The van der Waals surface area contributed by atoms with Crippen molar-refractivity contribution in [2.24, 2.45) is 0 Å². The number of methoxy groups -OCH3 is 1.